The molecule has 0 aliphatic heterocycles. The van der Waals surface area contributed by atoms with E-state index in [1.54, 1.807) is 0 Å². The Labute approximate surface area is 97.4 Å². The Balaban J connectivity index is 4.23. The SMILES string of the molecule is CC(C)NC(CCC(=O)C(C)(C)C)C(=O)O. The molecule has 4 heteroatoms. The van der Waals surface area contributed by atoms with Gasteiger partial charge >= 0.3 is 5.97 Å². The van der Waals surface area contributed by atoms with Crippen molar-refractivity contribution in [2.24, 2.45) is 5.41 Å². The third-order valence-electron chi connectivity index (χ3n) is 2.33. The minimum Gasteiger partial charge on any atom is -0.480 e. The van der Waals surface area contributed by atoms with Gasteiger partial charge < -0.3 is 10.4 Å². The van der Waals surface area contributed by atoms with Crippen molar-refractivity contribution in [2.75, 3.05) is 0 Å². The normalized spacial score (nSPS) is 13.9. The summed E-state index contributed by atoms with van der Waals surface area (Å²) in [6.45, 7) is 9.33. The lowest BCUT2D eigenvalue weighted by Crippen LogP contribution is -2.41. The number of ketones is 1. The van der Waals surface area contributed by atoms with Crippen molar-refractivity contribution < 1.29 is 14.7 Å². The van der Waals surface area contributed by atoms with Gasteiger partial charge in [-0.05, 0) is 6.42 Å². The minimum absolute atomic E-state index is 0.101. The quantitative estimate of drug-likeness (QED) is 0.729. The van der Waals surface area contributed by atoms with E-state index in [9.17, 15) is 9.59 Å². The first-order valence-corrected chi connectivity index (χ1v) is 5.66. The maximum Gasteiger partial charge on any atom is 0.320 e. The van der Waals surface area contributed by atoms with Gasteiger partial charge in [0.15, 0.2) is 0 Å². The molecule has 0 heterocycles. The smallest absolute Gasteiger partial charge is 0.320 e. The van der Waals surface area contributed by atoms with Gasteiger partial charge in [0.25, 0.3) is 0 Å². The van der Waals surface area contributed by atoms with Crippen molar-refractivity contribution in [2.45, 2.75) is 59.5 Å². The molecule has 0 aliphatic carbocycles. The van der Waals surface area contributed by atoms with Crippen molar-refractivity contribution in [1.29, 1.82) is 0 Å². The molecule has 0 saturated heterocycles. The van der Waals surface area contributed by atoms with Gasteiger partial charge in [0, 0.05) is 17.9 Å². The standard InChI is InChI=1S/C12H23NO3/c1-8(2)13-9(11(15)16)6-7-10(14)12(3,4)5/h8-9,13H,6-7H2,1-5H3,(H,15,16). The van der Waals surface area contributed by atoms with E-state index in [0.717, 1.165) is 0 Å². The fourth-order valence-corrected chi connectivity index (χ4v) is 1.33. The Bertz CT molecular complexity index is 253. The van der Waals surface area contributed by atoms with Crippen LogP contribution in [0.1, 0.15) is 47.5 Å². The molecule has 0 fully saturated rings. The number of carboxylic acids is 1. The van der Waals surface area contributed by atoms with Crippen molar-refractivity contribution in [3.63, 3.8) is 0 Å². The molecule has 0 spiro atoms. The van der Waals surface area contributed by atoms with E-state index in [1.807, 2.05) is 34.6 Å². The van der Waals surface area contributed by atoms with Gasteiger partial charge in [-0.25, -0.2) is 0 Å². The Morgan fingerprint density at radius 3 is 2.06 bits per heavy atom. The lowest BCUT2D eigenvalue weighted by Gasteiger charge is -2.20. The number of hydrogen-bond acceptors (Lipinski definition) is 3. The molecule has 0 rings (SSSR count). The summed E-state index contributed by atoms with van der Waals surface area (Å²) < 4.78 is 0. The molecular formula is C12H23NO3. The molecule has 0 radical (unpaired) electrons. The summed E-state index contributed by atoms with van der Waals surface area (Å²) in [5, 5.41) is 11.9. The molecule has 0 aromatic rings. The first kappa shape index (κ1) is 15.1. The number of aliphatic carboxylic acids is 1. The van der Waals surface area contributed by atoms with Crippen LogP contribution in [0.15, 0.2) is 0 Å². The minimum atomic E-state index is -0.893. The van der Waals surface area contributed by atoms with Gasteiger partial charge in [0.05, 0.1) is 0 Å². The van der Waals surface area contributed by atoms with E-state index in [0.29, 0.717) is 12.8 Å². The molecule has 4 nitrogen and oxygen atoms in total. The van der Waals surface area contributed by atoms with Crippen molar-refractivity contribution >= 4 is 11.8 Å². The zero-order valence-corrected chi connectivity index (χ0v) is 10.8. The molecule has 0 saturated carbocycles. The van der Waals surface area contributed by atoms with E-state index in [1.165, 1.54) is 0 Å². The number of nitrogens with one attached hydrogen (secondary N) is 1. The van der Waals surface area contributed by atoms with Gasteiger partial charge in [-0.1, -0.05) is 34.6 Å². The average molecular weight is 229 g/mol. The second-order valence-corrected chi connectivity index (χ2v) is 5.42. The Kier molecular flexibility index (Phi) is 5.65. The maximum atomic E-state index is 11.7. The molecule has 94 valence electrons. The highest BCUT2D eigenvalue weighted by atomic mass is 16.4. The van der Waals surface area contributed by atoms with Crippen LogP contribution in [0, 0.1) is 5.41 Å². The van der Waals surface area contributed by atoms with Crippen molar-refractivity contribution in [3.05, 3.63) is 0 Å². The van der Waals surface area contributed by atoms with Crippen molar-refractivity contribution in [1.82, 2.24) is 5.32 Å². The van der Waals surface area contributed by atoms with Gasteiger partial charge in [-0.2, -0.15) is 0 Å². The highest BCUT2D eigenvalue weighted by molar-refractivity contribution is 5.84. The van der Waals surface area contributed by atoms with Gasteiger partial charge in [-0.3, -0.25) is 9.59 Å². The zero-order chi connectivity index (χ0) is 12.9. The summed E-state index contributed by atoms with van der Waals surface area (Å²) in [6, 6.07) is -0.530. The molecule has 16 heavy (non-hydrogen) atoms. The summed E-state index contributed by atoms with van der Waals surface area (Å²) in [4.78, 5) is 22.6. The number of carbonyl (C=O) groups excluding carboxylic acids is 1. The van der Waals surface area contributed by atoms with Gasteiger partial charge in [-0.15, -0.1) is 0 Å². The molecule has 1 unspecified atom stereocenters. The summed E-state index contributed by atoms with van der Waals surface area (Å²) in [5.41, 5.74) is -0.388. The second-order valence-electron chi connectivity index (χ2n) is 5.42. The highest BCUT2D eigenvalue weighted by Crippen LogP contribution is 2.18. The Hall–Kier alpha value is -0.900. The highest BCUT2D eigenvalue weighted by Gasteiger charge is 2.24. The third-order valence-corrected chi connectivity index (χ3v) is 2.33. The maximum absolute atomic E-state index is 11.7. The van der Waals surface area contributed by atoms with Gasteiger partial charge in [0.2, 0.25) is 0 Å². The van der Waals surface area contributed by atoms with Gasteiger partial charge in [0.1, 0.15) is 11.8 Å². The molecule has 2 N–H and O–H groups in total. The predicted molar refractivity (Wildman–Crippen MR) is 63.4 cm³/mol. The molecule has 0 bridgehead atoms. The first-order chi connectivity index (χ1) is 7.14. The average Bonchev–Trinajstić information content (AvgIpc) is 2.08. The van der Waals surface area contributed by atoms with E-state index in [4.69, 9.17) is 5.11 Å². The van der Waals surface area contributed by atoms with Crippen LogP contribution in [-0.2, 0) is 9.59 Å². The number of rotatable bonds is 6. The van der Waals surface area contributed by atoms with Crippen LogP contribution in [0.5, 0.6) is 0 Å². The Morgan fingerprint density at radius 1 is 1.25 bits per heavy atom. The topological polar surface area (TPSA) is 66.4 Å². The second kappa shape index (κ2) is 5.99. The van der Waals surface area contributed by atoms with E-state index in [-0.39, 0.29) is 17.2 Å². The summed E-state index contributed by atoms with van der Waals surface area (Å²) in [7, 11) is 0. The molecule has 0 aliphatic rings. The zero-order valence-electron chi connectivity index (χ0n) is 10.8. The van der Waals surface area contributed by atoms with Crippen molar-refractivity contribution in [3.8, 4) is 0 Å². The molecule has 1 atom stereocenters. The Morgan fingerprint density at radius 2 is 1.75 bits per heavy atom. The van der Waals surface area contributed by atoms with Crippen LogP contribution in [0.3, 0.4) is 0 Å². The van der Waals surface area contributed by atoms with Crippen LogP contribution in [0.25, 0.3) is 0 Å². The van der Waals surface area contributed by atoms with E-state index in [2.05, 4.69) is 5.32 Å². The molecule has 0 amide bonds. The number of carboxylic acid groups (broad SMARTS) is 1. The summed E-state index contributed by atoms with van der Waals surface area (Å²) in [6.07, 6.45) is 0.657. The number of carbonyl (C=O) groups is 2. The fourth-order valence-electron chi connectivity index (χ4n) is 1.33. The van der Waals surface area contributed by atoms with Crippen LogP contribution in [-0.4, -0.2) is 28.9 Å². The molecule has 0 aromatic carbocycles. The molecular weight excluding hydrogens is 206 g/mol. The lowest BCUT2D eigenvalue weighted by atomic mass is 9.87. The van der Waals surface area contributed by atoms with E-state index < -0.39 is 12.0 Å². The monoisotopic (exact) mass is 229 g/mol. The predicted octanol–water partition coefficient (Wildman–Crippen LogP) is 1.83. The lowest BCUT2D eigenvalue weighted by molar-refractivity contribution is -0.140. The van der Waals surface area contributed by atoms with Crippen LogP contribution >= 0.6 is 0 Å². The van der Waals surface area contributed by atoms with Crippen LogP contribution < -0.4 is 5.32 Å². The summed E-state index contributed by atoms with van der Waals surface area (Å²) in [5.74, 6) is -0.792. The number of hydrogen-bond donors (Lipinski definition) is 2. The van der Waals surface area contributed by atoms with E-state index >= 15 is 0 Å². The largest absolute Gasteiger partial charge is 0.480 e. The molecule has 0 aromatic heterocycles. The van der Waals surface area contributed by atoms with Crippen LogP contribution in [0.2, 0.25) is 0 Å². The first-order valence-electron chi connectivity index (χ1n) is 5.66. The fraction of sp³-hybridized carbons (Fsp3) is 0.833. The third kappa shape index (κ3) is 5.85. The summed E-state index contributed by atoms with van der Waals surface area (Å²) >= 11 is 0. The van der Waals surface area contributed by atoms with Crippen LogP contribution in [0.4, 0.5) is 0 Å². The number of Topliss-reactive ketones (excluding diaryl/α,β-unsaturated/α-hetero) is 1.